The van der Waals surface area contributed by atoms with Gasteiger partial charge in [-0.15, -0.1) is 0 Å². The highest BCUT2D eigenvalue weighted by atomic mass is 19.1. The van der Waals surface area contributed by atoms with Crippen molar-refractivity contribution < 1.29 is 9.18 Å². The molecule has 0 aliphatic heterocycles. The normalized spacial score (nSPS) is 10.3. The Bertz CT molecular complexity index is 847. The first-order valence-electron chi connectivity index (χ1n) is 6.76. The Morgan fingerprint density at radius 2 is 2.04 bits per heavy atom. The van der Waals surface area contributed by atoms with Crippen LogP contribution in [-0.4, -0.2) is 25.7 Å². The van der Waals surface area contributed by atoms with Gasteiger partial charge < -0.3 is 10.6 Å². The maximum atomic E-state index is 13.3. The van der Waals surface area contributed by atoms with Crippen molar-refractivity contribution >= 4 is 23.2 Å². The quantitative estimate of drug-likeness (QED) is 0.772. The van der Waals surface area contributed by atoms with E-state index in [1.54, 1.807) is 36.1 Å². The van der Waals surface area contributed by atoms with Gasteiger partial charge in [0.1, 0.15) is 5.82 Å². The van der Waals surface area contributed by atoms with Gasteiger partial charge in [0.05, 0.1) is 0 Å². The number of nitrogens with zero attached hydrogens (tertiary/aromatic N) is 4. The highest BCUT2D eigenvalue weighted by Crippen LogP contribution is 2.18. The molecule has 2 N–H and O–H groups in total. The third-order valence-electron chi connectivity index (χ3n) is 2.96. The second-order valence-electron chi connectivity index (χ2n) is 4.72. The summed E-state index contributed by atoms with van der Waals surface area (Å²) < 4.78 is 14.8. The molecule has 2 heterocycles. The summed E-state index contributed by atoms with van der Waals surface area (Å²) in [5.41, 5.74) is 0.555. The lowest BCUT2D eigenvalue weighted by molar-refractivity contribution is 0.102. The number of hydrogen-bond donors (Lipinski definition) is 2. The highest BCUT2D eigenvalue weighted by molar-refractivity contribution is 6.05. The lowest BCUT2D eigenvalue weighted by Crippen LogP contribution is -2.17. The maximum absolute atomic E-state index is 13.3. The second kappa shape index (κ2) is 6.22. The van der Waals surface area contributed by atoms with E-state index in [1.165, 1.54) is 24.5 Å². The number of rotatable bonds is 4. The molecule has 0 aliphatic carbocycles. The van der Waals surface area contributed by atoms with Crippen LogP contribution in [0, 0.1) is 5.82 Å². The summed E-state index contributed by atoms with van der Waals surface area (Å²) in [6, 6.07) is 7.51. The van der Waals surface area contributed by atoms with Crippen molar-refractivity contribution in [3.8, 4) is 0 Å². The Morgan fingerprint density at radius 1 is 1.22 bits per heavy atom. The molecule has 0 saturated heterocycles. The number of halogens is 1. The molecule has 0 unspecified atom stereocenters. The van der Waals surface area contributed by atoms with Crippen molar-refractivity contribution in [1.82, 2.24) is 19.7 Å². The van der Waals surface area contributed by atoms with Crippen LogP contribution in [0.2, 0.25) is 0 Å². The molecule has 3 rings (SSSR count). The van der Waals surface area contributed by atoms with Crippen LogP contribution in [0.5, 0.6) is 0 Å². The molecule has 7 nitrogen and oxygen atoms in total. The summed E-state index contributed by atoms with van der Waals surface area (Å²) >= 11 is 0. The SMILES string of the molecule is Cn1ccc(NC(=O)c2nccnc2Nc2cccc(F)c2)n1. The van der Waals surface area contributed by atoms with Gasteiger partial charge >= 0.3 is 0 Å². The van der Waals surface area contributed by atoms with Crippen LogP contribution in [0.25, 0.3) is 0 Å². The predicted octanol–water partition coefficient (Wildman–Crippen LogP) is 2.35. The van der Waals surface area contributed by atoms with Gasteiger partial charge in [-0.3, -0.25) is 9.48 Å². The molecule has 0 aliphatic rings. The average Bonchev–Trinajstić information content (AvgIpc) is 2.93. The minimum absolute atomic E-state index is 0.0856. The fourth-order valence-electron chi connectivity index (χ4n) is 1.96. The van der Waals surface area contributed by atoms with Gasteiger partial charge in [0, 0.05) is 37.4 Å². The number of carbonyl (C=O) groups excluding carboxylic acids is 1. The number of anilines is 3. The zero-order chi connectivity index (χ0) is 16.2. The molecule has 0 fully saturated rings. The number of aromatic nitrogens is 4. The molecule has 1 amide bonds. The van der Waals surface area contributed by atoms with Crippen molar-refractivity contribution in [2.24, 2.45) is 7.05 Å². The summed E-state index contributed by atoms with van der Waals surface area (Å²) in [5, 5.41) is 9.58. The Hall–Kier alpha value is -3.29. The van der Waals surface area contributed by atoms with Crippen molar-refractivity contribution in [3.05, 3.63) is 60.4 Å². The smallest absolute Gasteiger partial charge is 0.279 e. The Kier molecular flexibility index (Phi) is 3.96. The van der Waals surface area contributed by atoms with Crippen LogP contribution in [0.15, 0.2) is 48.9 Å². The number of aryl methyl sites for hydroxylation is 1. The lowest BCUT2D eigenvalue weighted by Gasteiger charge is -2.09. The van der Waals surface area contributed by atoms with Crippen molar-refractivity contribution in [2.75, 3.05) is 10.6 Å². The molecule has 23 heavy (non-hydrogen) atoms. The highest BCUT2D eigenvalue weighted by Gasteiger charge is 2.15. The van der Waals surface area contributed by atoms with Crippen molar-refractivity contribution in [1.29, 1.82) is 0 Å². The summed E-state index contributed by atoms with van der Waals surface area (Å²) in [6.07, 6.45) is 4.56. The molecule has 0 spiro atoms. The molecular weight excluding hydrogens is 299 g/mol. The van der Waals surface area contributed by atoms with Gasteiger partial charge in [-0.1, -0.05) is 6.07 Å². The Morgan fingerprint density at radius 3 is 2.78 bits per heavy atom. The van der Waals surface area contributed by atoms with Crippen LogP contribution in [-0.2, 0) is 7.05 Å². The molecule has 1 aromatic carbocycles. The van der Waals surface area contributed by atoms with E-state index in [0.717, 1.165) is 0 Å². The fraction of sp³-hybridized carbons (Fsp3) is 0.0667. The molecule has 0 bridgehead atoms. The van der Waals surface area contributed by atoms with Crippen LogP contribution in [0.3, 0.4) is 0 Å². The number of nitrogens with one attached hydrogen (secondary N) is 2. The lowest BCUT2D eigenvalue weighted by atomic mass is 10.3. The van der Waals surface area contributed by atoms with E-state index in [1.807, 2.05) is 0 Å². The summed E-state index contributed by atoms with van der Waals surface area (Å²) in [6.45, 7) is 0. The zero-order valence-electron chi connectivity index (χ0n) is 12.2. The predicted molar refractivity (Wildman–Crippen MR) is 82.9 cm³/mol. The van der Waals surface area contributed by atoms with Gasteiger partial charge in [-0.05, 0) is 18.2 Å². The van der Waals surface area contributed by atoms with Crippen molar-refractivity contribution in [3.63, 3.8) is 0 Å². The zero-order valence-corrected chi connectivity index (χ0v) is 12.2. The minimum Gasteiger partial charge on any atom is -0.338 e. The van der Waals surface area contributed by atoms with Crippen LogP contribution in [0.4, 0.5) is 21.7 Å². The summed E-state index contributed by atoms with van der Waals surface area (Å²) in [5.74, 6) is -0.222. The third kappa shape index (κ3) is 3.49. The Labute approximate surface area is 131 Å². The third-order valence-corrected chi connectivity index (χ3v) is 2.96. The number of amides is 1. The number of benzene rings is 1. The van der Waals surface area contributed by atoms with Crippen LogP contribution >= 0.6 is 0 Å². The van der Waals surface area contributed by atoms with E-state index >= 15 is 0 Å². The first-order valence-corrected chi connectivity index (χ1v) is 6.76. The average molecular weight is 312 g/mol. The standard InChI is InChI=1S/C15H13FN6O/c1-22-8-5-12(21-22)20-15(23)13-14(18-7-6-17-13)19-11-4-2-3-10(16)9-11/h2-9H,1H3,(H,18,19)(H,20,21,23). The van der Waals surface area contributed by atoms with Gasteiger partial charge in [-0.2, -0.15) is 5.10 Å². The molecule has 0 radical (unpaired) electrons. The van der Waals surface area contributed by atoms with E-state index in [-0.39, 0.29) is 11.5 Å². The van der Waals surface area contributed by atoms with E-state index < -0.39 is 11.7 Å². The van der Waals surface area contributed by atoms with Gasteiger partial charge in [0.2, 0.25) is 0 Å². The minimum atomic E-state index is -0.462. The molecule has 2 aromatic heterocycles. The van der Waals surface area contributed by atoms with Gasteiger partial charge in [-0.25, -0.2) is 14.4 Å². The molecular formula is C15H13FN6O. The first kappa shape index (κ1) is 14.6. The van der Waals surface area contributed by atoms with Crippen molar-refractivity contribution in [2.45, 2.75) is 0 Å². The molecule has 3 aromatic rings. The number of hydrogen-bond acceptors (Lipinski definition) is 5. The number of carbonyl (C=O) groups is 1. The fourth-order valence-corrected chi connectivity index (χ4v) is 1.96. The topological polar surface area (TPSA) is 84.7 Å². The van der Waals surface area contributed by atoms with E-state index in [4.69, 9.17) is 0 Å². The second-order valence-corrected chi connectivity index (χ2v) is 4.72. The molecule has 0 saturated carbocycles. The monoisotopic (exact) mass is 312 g/mol. The Balaban J connectivity index is 1.84. The maximum Gasteiger partial charge on any atom is 0.279 e. The van der Waals surface area contributed by atoms with E-state index in [9.17, 15) is 9.18 Å². The van der Waals surface area contributed by atoms with Crippen LogP contribution in [0.1, 0.15) is 10.5 Å². The summed E-state index contributed by atoms with van der Waals surface area (Å²) in [4.78, 5) is 20.4. The first-order chi connectivity index (χ1) is 11.1. The molecule has 0 atom stereocenters. The molecule has 8 heteroatoms. The largest absolute Gasteiger partial charge is 0.338 e. The molecule has 116 valence electrons. The van der Waals surface area contributed by atoms with E-state index in [2.05, 4.69) is 25.7 Å². The summed E-state index contributed by atoms with van der Waals surface area (Å²) in [7, 11) is 1.74. The van der Waals surface area contributed by atoms with E-state index in [0.29, 0.717) is 11.5 Å². The van der Waals surface area contributed by atoms with Crippen LogP contribution < -0.4 is 10.6 Å². The van der Waals surface area contributed by atoms with Gasteiger partial charge in [0.25, 0.3) is 5.91 Å². The van der Waals surface area contributed by atoms with Gasteiger partial charge in [0.15, 0.2) is 17.3 Å².